The smallest absolute Gasteiger partial charge is 0.247 e. The summed E-state index contributed by atoms with van der Waals surface area (Å²) in [6, 6.07) is 0. The Bertz CT molecular complexity index is 757. The minimum atomic E-state index is -0.648. The molecular formula is C42H81ClN2O3. The van der Waals surface area contributed by atoms with Gasteiger partial charge in [0.05, 0.1) is 13.2 Å². The third kappa shape index (κ3) is 28.9. The van der Waals surface area contributed by atoms with Crippen molar-refractivity contribution in [2.75, 3.05) is 39.4 Å². The summed E-state index contributed by atoms with van der Waals surface area (Å²) in [4.78, 5) is 2.43. The van der Waals surface area contributed by atoms with Crippen LogP contribution in [0, 0.1) is 0 Å². The van der Waals surface area contributed by atoms with Crippen molar-refractivity contribution in [1.82, 2.24) is 4.90 Å². The monoisotopic (exact) mass is 697 g/mol. The number of ether oxygens (including phenoxy) is 1. The van der Waals surface area contributed by atoms with Crippen LogP contribution in [0.1, 0.15) is 194 Å². The molecule has 0 spiro atoms. The highest BCUT2D eigenvalue weighted by atomic mass is 35.5. The molecule has 0 bridgehead atoms. The predicted octanol–water partition coefficient (Wildman–Crippen LogP) is 8.12. The van der Waals surface area contributed by atoms with E-state index in [9.17, 15) is 10.2 Å². The fourth-order valence-corrected chi connectivity index (χ4v) is 6.74. The molecule has 2 N–H and O–H groups in total. The maximum Gasteiger partial charge on any atom is 0.247 e. The van der Waals surface area contributed by atoms with Crippen molar-refractivity contribution in [1.29, 1.82) is 0 Å². The number of hydrogen-bond donors (Lipinski definition) is 2. The summed E-state index contributed by atoms with van der Waals surface area (Å²) in [6.45, 7) is 8.85. The summed E-state index contributed by atoms with van der Waals surface area (Å²) >= 11 is 0. The second-order valence-electron chi connectivity index (χ2n) is 14.1. The van der Waals surface area contributed by atoms with Gasteiger partial charge in [0.1, 0.15) is 26.2 Å². The second-order valence-corrected chi connectivity index (χ2v) is 14.1. The molecule has 1 heterocycles. The Kier molecular flexibility index (Phi) is 36.7. The van der Waals surface area contributed by atoms with E-state index in [4.69, 9.17) is 4.74 Å². The van der Waals surface area contributed by atoms with Crippen LogP contribution >= 0.6 is 0 Å². The quantitative estimate of drug-likeness (QED) is 0.0301. The maximum absolute atomic E-state index is 10.4. The van der Waals surface area contributed by atoms with E-state index in [-0.39, 0.29) is 19.0 Å². The third-order valence-electron chi connectivity index (χ3n) is 9.79. The standard InChI is InChI=1S/C42H81N2O3.ClH/c1-3-5-7-9-11-13-15-17-19-21-23-25-27-29-31-33-41-43(37-39-45)35-36-44(41)38-40-47-42(46)34-32-30-28-26-24-22-20-18-16-14-12-10-8-6-4-2;/h17-20,42,45-46H,3-16,21-40H2,1-2H3;1H/q+1;/p-1/b19-17-,20-18-;. The van der Waals surface area contributed by atoms with Gasteiger partial charge < -0.3 is 27.4 Å². The third-order valence-corrected chi connectivity index (χ3v) is 9.79. The molecule has 0 aliphatic carbocycles. The summed E-state index contributed by atoms with van der Waals surface area (Å²) in [6.07, 6.45) is 44.7. The van der Waals surface area contributed by atoms with Crippen molar-refractivity contribution < 1.29 is 31.9 Å². The SMILES string of the molecule is CCCCCCCC/C=C\CCCCCCCC1=[N+](CCO)CCN1CCOC(O)CCCCCCC/C=C\CCCCCCCC.[Cl-]. The van der Waals surface area contributed by atoms with Gasteiger partial charge in [0.15, 0.2) is 6.29 Å². The lowest BCUT2D eigenvalue weighted by Crippen LogP contribution is -3.00. The zero-order chi connectivity index (χ0) is 33.9. The normalized spacial score (nSPS) is 14.2. The van der Waals surface area contributed by atoms with Crippen molar-refractivity contribution in [3.63, 3.8) is 0 Å². The van der Waals surface area contributed by atoms with E-state index in [0.29, 0.717) is 6.61 Å². The highest BCUT2D eigenvalue weighted by Crippen LogP contribution is 2.15. The Morgan fingerprint density at radius 1 is 0.646 bits per heavy atom. The van der Waals surface area contributed by atoms with Gasteiger partial charge in [0, 0.05) is 6.42 Å². The molecule has 1 unspecified atom stereocenters. The van der Waals surface area contributed by atoms with Crippen molar-refractivity contribution in [2.24, 2.45) is 0 Å². The highest BCUT2D eigenvalue weighted by molar-refractivity contribution is 5.78. The Morgan fingerprint density at radius 2 is 1.08 bits per heavy atom. The number of allylic oxidation sites excluding steroid dienone is 4. The molecule has 0 aromatic carbocycles. The number of β-amino-alcohol motifs (C(OH)–C–C–N with tert-alkyl or cyclic N) is 1. The maximum atomic E-state index is 10.4. The molecule has 0 amide bonds. The molecule has 5 nitrogen and oxygen atoms in total. The Balaban J connectivity index is 0.0000221. The van der Waals surface area contributed by atoms with E-state index in [2.05, 4.69) is 47.6 Å². The first-order valence-electron chi connectivity index (χ1n) is 20.8. The Morgan fingerprint density at radius 3 is 1.56 bits per heavy atom. The number of rotatable bonds is 36. The second kappa shape index (κ2) is 37.4. The summed E-state index contributed by atoms with van der Waals surface area (Å²) < 4.78 is 8.17. The fraction of sp³-hybridized carbons (Fsp3) is 0.881. The number of nitrogens with zero attached hydrogens (tertiary/aromatic N) is 2. The summed E-state index contributed by atoms with van der Waals surface area (Å²) in [5.41, 5.74) is 0. The van der Waals surface area contributed by atoms with Crippen LogP contribution < -0.4 is 12.4 Å². The molecule has 1 aliphatic heterocycles. The number of hydrogen-bond acceptors (Lipinski definition) is 4. The molecule has 0 saturated heterocycles. The number of halogens is 1. The van der Waals surface area contributed by atoms with E-state index in [1.54, 1.807) is 0 Å². The van der Waals surface area contributed by atoms with E-state index < -0.39 is 6.29 Å². The average Bonchev–Trinajstić information content (AvgIpc) is 3.45. The summed E-state index contributed by atoms with van der Waals surface area (Å²) in [5.74, 6) is 1.37. The van der Waals surface area contributed by atoms with Gasteiger partial charge >= 0.3 is 0 Å². The van der Waals surface area contributed by atoms with Crippen LogP contribution in [0.2, 0.25) is 0 Å². The van der Waals surface area contributed by atoms with Crippen LogP contribution in [-0.4, -0.2) is 71.2 Å². The molecule has 1 aliphatic rings. The van der Waals surface area contributed by atoms with Gasteiger partial charge in [-0.1, -0.05) is 141 Å². The molecule has 48 heavy (non-hydrogen) atoms. The van der Waals surface area contributed by atoms with Crippen LogP contribution in [0.25, 0.3) is 0 Å². The molecule has 6 heteroatoms. The topological polar surface area (TPSA) is 55.9 Å². The molecule has 284 valence electrons. The largest absolute Gasteiger partial charge is 1.00 e. The highest BCUT2D eigenvalue weighted by Gasteiger charge is 2.29. The Labute approximate surface area is 305 Å². The average molecular weight is 698 g/mol. The van der Waals surface area contributed by atoms with Crippen LogP contribution in [-0.2, 0) is 4.74 Å². The van der Waals surface area contributed by atoms with E-state index in [1.165, 1.54) is 166 Å². The Hall–Kier alpha value is -0.880. The van der Waals surface area contributed by atoms with Gasteiger partial charge in [-0.2, -0.15) is 0 Å². The zero-order valence-electron chi connectivity index (χ0n) is 32.0. The van der Waals surface area contributed by atoms with Crippen LogP contribution in [0.4, 0.5) is 0 Å². The van der Waals surface area contributed by atoms with E-state index in [0.717, 1.165) is 45.4 Å². The van der Waals surface area contributed by atoms with Crippen molar-refractivity contribution in [3.05, 3.63) is 24.3 Å². The predicted molar refractivity (Wildman–Crippen MR) is 205 cm³/mol. The first kappa shape index (κ1) is 47.1. The first-order chi connectivity index (χ1) is 23.2. The zero-order valence-corrected chi connectivity index (χ0v) is 32.8. The first-order valence-corrected chi connectivity index (χ1v) is 20.8. The minimum Gasteiger partial charge on any atom is -1.00 e. The van der Waals surface area contributed by atoms with Gasteiger partial charge in [0.25, 0.3) is 0 Å². The van der Waals surface area contributed by atoms with Gasteiger partial charge in [-0.3, -0.25) is 9.48 Å². The summed E-state index contributed by atoms with van der Waals surface area (Å²) in [5, 5.41) is 20.0. The van der Waals surface area contributed by atoms with E-state index in [1.807, 2.05) is 0 Å². The molecule has 0 aromatic rings. The number of aliphatic hydroxyl groups is 2. The van der Waals surface area contributed by atoms with Crippen LogP contribution in [0.3, 0.4) is 0 Å². The summed E-state index contributed by atoms with van der Waals surface area (Å²) in [7, 11) is 0. The lowest BCUT2D eigenvalue weighted by atomic mass is 10.1. The fourth-order valence-electron chi connectivity index (χ4n) is 6.74. The molecule has 1 rings (SSSR count). The molecule has 0 saturated carbocycles. The van der Waals surface area contributed by atoms with Crippen molar-refractivity contribution in [3.8, 4) is 0 Å². The van der Waals surface area contributed by atoms with Gasteiger partial charge in [0.2, 0.25) is 5.84 Å². The number of amidine groups is 1. The minimum absolute atomic E-state index is 0. The molecule has 0 fully saturated rings. The molecular weight excluding hydrogens is 616 g/mol. The number of unbranched alkanes of at least 4 members (excludes halogenated alkanes) is 22. The van der Waals surface area contributed by atoms with E-state index >= 15 is 0 Å². The van der Waals surface area contributed by atoms with Crippen LogP contribution in [0.15, 0.2) is 24.3 Å². The van der Waals surface area contributed by atoms with Crippen molar-refractivity contribution in [2.45, 2.75) is 200 Å². The number of aliphatic hydroxyl groups excluding tert-OH is 2. The van der Waals surface area contributed by atoms with Crippen molar-refractivity contribution >= 4 is 5.84 Å². The van der Waals surface area contributed by atoms with Gasteiger partial charge in [-0.05, 0) is 70.6 Å². The van der Waals surface area contributed by atoms with Crippen LogP contribution in [0.5, 0.6) is 0 Å². The molecule has 0 aromatic heterocycles. The lowest BCUT2D eigenvalue weighted by Gasteiger charge is -2.16. The van der Waals surface area contributed by atoms with Gasteiger partial charge in [-0.15, -0.1) is 0 Å². The van der Waals surface area contributed by atoms with Gasteiger partial charge in [-0.25, -0.2) is 0 Å². The molecule has 1 atom stereocenters. The molecule has 0 radical (unpaired) electrons. The lowest BCUT2D eigenvalue weighted by molar-refractivity contribution is -0.521.